The third-order valence-corrected chi connectivity index (χ3v) is 3.85. The largest absolute Gasteiger partial charge is 0.382 e. The molecule has 1 heterocycles. The highest BCUT2D eigenvalue weighted by molar-refractivity contribution is 6.33. The Bertz CT molecular complexity index is 590. The molecule has 0 aliphatic heterocycles. The lowest BCUT2D eigenvalue weighted by atomic mass is 9.80. The SMILES string of the molecule is Nc1n[nH]c(C2CCC2)c1-c1ccc(F)cc1Cl. The molecule has 5 heteroatoms. The molecule has 3 rings (SSSR count). The number of nitrogen functional groups attached to an aromatic ring is 1. The zero-order valence-corrected chi connectivity index (χ0v) is 10.5. The van der Waals surface area contributed by atoms with Crippen LogP contribution in [-0.4, -0.2) is 10.2 Å². The molecular formula is C13H13ClFN3. The zero-order valence-electron chi connectivity index (χ0n) is 9.71. The highest BCUT2D eigenvalue weighted by atomic mass is 35.5. The van der Waals surface area contributed by atoms with Crippen molar-refractivity contribution in [3.8, 4) is 11.1 Å². The fraction of sp³-hybridized carbons (Fsp3) is 0.308. The minimum atomic E-state index is -0.351. The number of aromatic nitrogens is 2. The van der Waals surface area contributed by atoms with Crippen LogP contribution in [0.25, 0.3) is 11.1 Å². The second kappa shape index (κ2) is 4.28. The molecule has 0 saturated heterocycles. The van der Waals surface area contributed by atoms with Crippen molar-refractivity contribution in [3.63, 3.8) is 0 Å². The predicted octanol–water partition coefficient (Wildman–Crippen LogP) is 3.72. The Hall–Kier alpha value is -1.55. The number of benzene rings is 1. The fourth-order valence-electron chi connectivity index (χ4n) is 2.34. The fourth-order valence-corrected chi connectivity index (χ4v) is 2.60. The van der Waals surface area contributed by atoms with E-state index < -0.39 is 0 Å². The molecule has 2 aromatic rings. The van der Waals surface area contributed by atoms with Crippen LogP contribution in [-0.2, 0) is 0 Å². The third kappa shape index (κ3) is 1.77. The van der Waals surface area contributed by atoms with Crippen molar-refractivity contribution < 1.29 is 4.39 Å². The van der Waals surface area contributed by atoms with Crippen molar-refractivity contribution >= 4 is 17.4 Å². The number of rotatable bonds is 2. The molecule has 1 aliphatic rings. The third-order valence-electron chi connectivity index (χ3n) is 3.54. The van der Waals surface area contributed by atoms with Crippen molar-refractivity contribution in [2.75, 3.05) is 5.73 Å². The molecule has 94 valence electrons. The number of halogens is 2. The summed E-state index contributed by atoms with van der Waals surface area (Å²) in [6.45, 7) is 0. The average Bonchev–Trinajstić information content (AvgIpc) is 2.59. The Morgan fingerprint density at radius 3 is 2.78 bits per heavy atom. The second-order valence-electron chi connectivity index (χ2n) is 4.65. The van der Waals surface area contributed by atoms with Gasteiger partial charge in [0.25, 0.3) is 0 Å². The first-order valence-corrected chi connectivity index (χ1v) is 6.34. The van der Waals surface area contributed by atoms with Crippen molar-refractivity contribution in [1.82, 2.24) is 10.2 Å². The van der Waals surface area contributed by atoms with Gasteiger partial charge in [-0.05, 0) is 31.0 Å². The van der Waals surface area contributed by atoms with Gasteiger partial charge in [-0.15, -0.1) is 0 Å². The first kappa shape index (κ1) is 11.5. The molecule has 0 amide bonds. The lowest BCUT2D eigenvalue weighted by molar-refractivity contribution is 0.411. The number of nitrogens with one attached hydrogen (secondary N) is 1. The lowest BCUT2D eigenvalue weighted by Crippen LogP contribution is -2.10. The molecule has 3 N–H and O–H groups in total. The Morgan fingerprint density at radius 1 is 1.39 bits per heavy atom. The maximum atomic E-state index is 13.1. The van der Waals surface area contributed by atoms with Crippen LogP contribution in [0.15, 0.2) is 18.2 Å². The van der Waals surface area contributed by atoms with Gasteiger partial charge >= 0.3 is 0 Å². The summed E-state index contributed by atoms with van der Waals surface area (Å²) < 4.78 is 13.1. The minimum Gasteiger partial charge on any atom is -0.382 e. The van der Waals surface area contributed by atoms with Gasteiger partial charge in [-0.25, -0.2) is 4.39 Å². The maximum absolute atomic E-state index is 13.1. The van der Waals surface area contributed by atoms with E-state index in [4.69, 9.17) is 17.3 Å². The van der Waals surface area contributed by atoms with E-state index in [9.17, 15) is 4.39 Å². The van der Waals surface area contributed by atoms with Gasteiger partial charge in [0, 0.05) is 22.7 Å². The van der Waals surface area contributed by atoms with Gasteiger partial charge in [-0.1, -0.05) is 18.0 Å². The number of H-pyrrole nitrogens is 1. The van der Waals surface area contributed by atoms with Crippen molar-refractivity contribution in [2.45, 2.75) is 25.2 Å². The number of anilines is 1. The number of nitrogens with zero attached hydrogens (tertiary/aromatic N) is 1. The van der Waals surface area contributed by atoms with Crippen LogP contribution in [0.3, 0.4) is 0 Å². The Kier molecular flexibility index (Phi) is 2.74. The summed E-state index contributed by atoms with van der Waals surface area (Å²) in [7, 11) is 0. The van der Waals surface area contributed by atoms with Crippen LogP contribution < -0.4 is 5.73 Å². The standard InChI is InChI=1S/C13H13ClFN3/c14-10-6-8(15)4-5-9(10)11-12(7-2-1-3-7)17-18-13(11)16/h4-7H,1-3H2,(H3,16,17,18). The maximum Gasteiger partial charge on any atom is 0.153 e. The van der Waals surface area contributed by atoms with Gasteiger partial charge in [0.05, 0.1) is 5.02 Å². The summed E-state index contributed by atoms with van der Waals surface area (Å²) in [5.74, 6) is 0.535. The minimum absolute atomic E-state index is 0.351. The average molecular weight is 266 g/mol. The molecule has 3 nitrogen and oxygen atoms in total. The van der Waals surface area contributed by atoms with Crippen LogP contribution in [0.2, 0.25) is 5.02 Å². The number of nitrogens with two attached hydrogens (primary N) is 1. The first-order valence-electron chi connectivity index (χ1n) is 5.96. The molecule has 1 fully saturated rings. The summed E-state index contributed by atoms with van der Waals surface area (Å²) in [6.07, 6.45) is 3.49. The highest BCUT2D eigenvalue weighted by Crippen LogP contribution is 2.43. The van der Waals surface area contributed by atoms with E-state index in [0.29, 0.717) is 16.8 Å². The molecule has 0 bridgehead atoms. The van der Waals surface area contributed by atoms with E-state index in [1.165, 1.54) is 18.6 Å². The van der Waals surface area contributed by atoms with E-state index in [-0.39, 0.29) is 5.82 Å². The van der Waals surface area contributed by atoms with Crippen LogP contribution in [0.5, 0.6) is 0 Å². The number of aromatic amines is 1. The van der Waals surface area contributed by atoms with Crippen LogP contribution in [0, 0.1) is 5.82 Å². The van der Waals surface area contributed by atoms with Gasteiger partial charge < -0.3 is 5.73 Å². The summed E-state index contributed by atoms with van der Waals surface area (Å²) in [6, 6.07) is 4.34. The summed E-state index contributed by atoms with van der Waals surface area (Å²) in [5.41, 5.74) is 8.49. The van der Waals surface area contributed by atoms with E-state index in [2.05, 4.69) is 10.2 Å². The number of hydrogen-bond donors (Lipinski definition) is 2. The first-order chi connectivity index (χ1) is 8.66. The molecule has 18 heavy (non-hydrogen) atoms. The smallest absolute Gasteiger partial charge is 0.153 e. The molecule has 1 saturated carbocycles. The van der Waals surface area contributed by atoms with Gasteiger partial charge in [0.15, 0.2) is 5.82 Å². The van der Waals surface area contributed by atoms with Crippen molar-refractivity contribution in [2.24, 2.45) is 0 Å². The van der Waals surface area contributed by atoms with Gasteiger partial charge in [-0.3, -0.25) is 5.10 Å². The summed E-state index contributed by atoms with van der Waals surface area (Å²) >= 11 is 6.09. The molecule has 0 unspecified atom stereocenters. The van der Waals surface area contributed by atoms with E-state index in [0.717, 1.165) is 29.7 Å². The molecular weight excluding hydrogens is 253 g/mol. The Morgan fingerprint density at radius 2 is 2.17 bits per heavy atom. The molecule has 1 aromatic carbocycles. The quantitative estimate of drug-likeness (QED) is 0.869. The van der Waals surface area contributed by atoms with Crippen LogP contribution in [0.4, 0.5) is 10.2 Å². The van der Waals surface area contributed by atoms with Gasteiger partial charge in [0.1, 0.15) is 5.82 Å². The second-order valence-corrected chi connectivity index (χ2v) is 5.06. The van der Waals surface area contributed by atoms with E-state index in [1.54, 1.807) is 6.07 Å². The summed E-state index contributed by atoms with van der Waals surface area (Å²) in [4.78, 5) is 0. The predicted molar refractivity (Wildman–Crippen MR) is 70.0 cm³/mol. The zero-order chi connectivity index (χ0) is 12.7. The monoisotopic (exact) mass is 265 g/mol. The summed E-state index contributed by atoms with van der Waals surface area (Å²) in [5, 5.41) is 7.41. The molecule has 0 radical (unpaired) electrons. The normalized spacial score (nSPS) is 15.7. The van der Waals surface area contributed by atoms with E-state index in [1.807, 2.05) is 0 Å². The topological polar surface area (TPSA) is 54.7 Å². The van der Waals surface area contributed by atoms with Gasteiger partial charge in [0.2, 0.25) is 0 Å². The lowest BCUT2D eigenvalue weighted by Gasteiger charge is -2.25. The van der Waals surface area contributed by atoms with Crippen LogP contribution in [0.1, 0.15) is 30.9 Å². The van der Waals surface area contributed by atoms with Crippen molar-refractivity contribution in [1.29, 1.82) is 0 Å². The molecule has 1 aliphatic carbocycles. The van der Waals surface area contributed by atoms with E-state index >= 15 is 0 Å². The highest BCUT2D eigenvalue weighted by Gasteiger charge is 2.27. The van der Waals surface area contributed by atoms with Crippen LogP contribution >= 0.6 is 11.6 Å². The number of hydrogen-bond acceptors (Lipinski definition) is 2. The molecule has 0 spiro atoms. The van der Waals surface area contributed by atoms with Gasteiger partial charge in [-0.2, -0.15) is 5.10 Å². The van der Waals surface area contributed by atoms with Crippen molar-refractivity contribution in [3.05, 3.63) is 34.7 Å². The molecule has 0 atom stereocenters. The Balaban J connectivity index is 2.12. The Labute approximate surface area is 109 Å². The molecule has 1 aromatic heterocycles.